The van der Waals surface area contributed by atoms with E-state index in [1.54, 1.807) is 11.9 Å². The molecule has 1 aromatic rings. The fourth-order valence-electron chi connectivity index (χ4n) is 1.83. The Morgan fingerprint density at radius 2 is 2.26 bits per heavy atom. The van der Waals surface area contributed by atoms with Crippen molar-refractivity contribution in [2.24, 2.45) is 16.8 Å². The maximum Gasteiger partial charge on any atom is 0.233 e. The van der Waals surface area contributed by atoms with Gasteiger partial charge in [-0.3, -0.25) is 4.79 Å². The molecule has 0 radical (unpaired) electrons. The Morgan fingerprint density at radius 3 is 2.79 bits per heavy atom. The predicted molar refractivity (Wildman–Crippen MR) is 77.8 cm³/mol. The number of amidine groups is 1. The van der Waals surface area contributed by atoms with E-state index >= 15 is 0 Å². The highest BCUT2D eigenvalue weighted by Crippen LogP contribution is 2.15. The predicted octanol–water partition coefficient (Wildman–Crippen LogP) is 2.18. The zero-order chi connectivity index (χ0) is 14.4. The number of halogens is 1. The number of rotatable bonds is 5. The number of nitrogens with zero attached hydrogens (tertiary/aromatic N) is 2. The van der Waals surface area contributed by atoms with Gasteiger partial charge in [-0.1, -0.05) is 40.1 Å². The summed E-state index contributed by atoms with van der Waals surface area (Å²) in [4.78, 5) is 13.8. The smallest absolute Gasteiger partial charge is 0.233 e. The van der Waals surface area contributed by atoms with E-state index in [1.807, 2.05) is 31.2 Å². The molecule has 0 fully saturated rings. The van der Waals surface area contributed by atoms with Crippen molar-refractivity contribution in [3.8, 4) is 0 Å². The van der Waals surface area contributed by atoms with Gasteiger partial charge in [0.25, 0.3) is 0 Å². The second-order valence-electron chi connectivity index (χ2n) is 4.31. The van der Waals surface area contributed by atoms with Gasteiger partial charge in [0, 0.05) is 18.1 Å². The SMILES string of the molecule is CCC(C(=O)N(C)Cc1cccc(Br)c1)C(N)=NO. The van der Waals surface area contributed by atoms with E-state index in [4.69, 9.17) is 10.9 Å². The van der Waals surface area contributed by atoms with Crippen LogP contribution in [-0.2, 0) is 11.3 Å². The van der Waals surface area contributed by atoms with Crippen molar-refractivity contribution in [3.63, 3.8) is 0 Å². The third kappa shape index (κ3) is 4.24. The highest BCUT2D eigenvalue weighted by atomic mass is 79.9. The van der Waals surface area contributed by atoms with Gasteiger partial charge in [-0.05, 0) is 24.1 Å². The fourth-order valence-corrected chi connectivity index (χ4v) is 2.28. The van der Waals surface area contributed by atoms with Crippen LogP contribution in [0, 0.1) is 5.92 Å². The molecule has 3 N–H and O–H groups in total. The number of hydrogen-bond acceptors (Lipinski definition) is 3. The quantitative estimate of drug-likeness (QED) is 0.376. The Kier molecular flexibility index (Phi) is 5.82. The summed E-state index contributed by atoms with van der Waals surface area (Å²) in [5.74, 6) is -0.784. The molecule has 0 saturated carbocycles. The Balaban J connectivity index is 2.77. The molecule has 6 heteroatoms. The average Bonchev–Trinajstić information content (AvgIpc) is 2.39. The molecule has 0 bridgehead atoms. The highest BCUT2D eigenvalue weighted by Gasteiger charge is 2.24. The largest absolute Gasteiger partial charge is 0.409 e. The summed E-state index contributed by atoms with van der Waals surface area (Å²) in [6.07, 6.45) is 0.498. The van der Waals surface area contributed by atoms with Crippen LogP contribution < -0.4 is 5.73 Å². The lowest BCUT2D eigenvalue weighted by atomic mass is 10.0. The maximum absolute atomic E-state index is 12.2. The van der Waals surface area contributed by atoms with Gasteiger partial charge in [-0.2, -0.15) is 0 Å². The summed E-state index contributed by atoms with van der Waals surface area (Å²) >= 11 is 3.39. The molecule has 1 amide bonds. The normalized spacial score (nSPS) is 13.1. The summed E-state index contributed by atoms with van der Waals surface area (Å²) in [7, 11) is 1.70. The first-order valence-corrected chi connectivity index (χ1v) is 6.75. The molecule has 1 aromatic carbocycles. The van der Waals surface area contributed by atoms with Crippen molar-refractivity contribution in [1.29, 1.82) is 0 Å². The molecule has 104 valence electrons. The van der Waals surface area contributed by atoms with Crippen LogP contribution in [-0.4, -0.2) is 28.9 Å². The van der Waals surface area contributed by atoms with Crippen LogP contribution in [0.4, 0.5) is 0 Å². The first kappa shape index (κ1) is 15.5. The second-order valence-corrected chi connectivity index (χ2v) is 5.23. The van der Waals surface area contributed by atoms with Crippen molar-refractivity contribution >= 4 is 27.7 Å². The molecule has 1 rings (SSSR count). The van der Waals surface area contributed by atoms with E-state index in [1.165, 1.54) is 0 Å². The van der Waals surface area contributed by atoms with Gasteiger partial charge in [0.2, 0.25) is 5.91 Å². The number of carbonyl (C=O) groups excluding carboxylic acids is 1. The van der Waals surface area contributed by atoms with Crippen molar-refractivity contribution < 1.29 is 10.0 Å². The fraction of sp³-hybridized carbons (Fsp3) is 0.385. The second kappa shape index (κ2) is 7.13. The van der Waals surface area contributed by atoms with E-state index in [0.717, 1.165) is 10.0 Å². The molecule has 19 heavy (non-hydrogen) atoms. The van der Waals surface area contributed by atoms with E-state index < -0.39 is 5.92 Å². The van der Waals surface area contributed by atoms with E-state index in [0.29, 0.717) is 13.0 Å². The Labute approximate surface area is 121 Å². The summed E-state index contributed by atoms with van der Waals surface area (Å²) in [6.45, 7) is 2.31. The minimum absolute atomic E-state index is 0.0476. The van der Waals surface area contributed by atoms with Crippen molar-refractivity contribution in [2.45, 2.75) is 19.9 Å². The molecule has 1 atom stereocenters. The number of benzene rings is 1. The third-order valence-corrected chi connectivity index (χ3v) is 3.36. The first-order chi connectivity index (χ1) is 8.99. The Hall–Kier alpha value is -1.56. The summed E-state index contributed by atoms with van der Waals surface area (Å²) < 4.78 is 0.967. The van der Waals surface area contributed by atoms with Crippen LogP contribution in [0.5, 0.6) is 0 Å². The van der Waals surface area contributed by atoms with E-state index in [9.17, 15) is 4.79 Å². The van der Waals surface area contributed by atoms with Gasteiger partial charge in [0.15, 0.2) is 5.84 Å². The maximum atomic E-state index is 12.2. The molecule has 0 heterocycles. The molecule has 1 unspecified atom stereocenters. The van der Waals surface area contributed by atoms with E-state index in [-0.39, 0.29) is 11.7 Å². The summed E-state index contributed by atoms with van der Waals surface area (Å²) in [6, 6.07) is 7.74. The monoisotopic (exact) mass is 327 g/mol. The van der Waals surface area contributed by atoms with Gasteiger partial charge < -0.3 is 15.8 Å². The van der Waals surface area contributed by atoms with E-state index in [2.05, 4.69) is 21.1 Å². The topological polar surface area (TPSA) is 78.9 Å². The van der Waals surface area contributed by atoms with Crippen LogP contribution in [0.1, 0.15) is 18.9 Å². The van der Waals surface area contributed by atoms with Crippen LogP contribution >= 0.6 is 15.9 Å². The highest BCUT2D eigenvalue weighted by molar-refractivity contribution is 9.10. The Bertz CT molecular complexity index is 477. The first-order valence-electron chi connectivity index (χ1n) is 5.96. The molecule has 0 spiro atoms. The molecule has 5 nitrogen and oxygen atoms in total. The van der Waals surface area contributed by atoms with Gasteiger partial charge in [0.05, 0.1) is 5.92 Å². The molecular weight excluding hydrogens is 310 g/mol. The summed E-state index contributed by atoms with van der Waals surface area (Å²) in [5, 5.41) is 11.6. The van der Waals surface area contributed by atoms with Crippen molar-refractivity contribution in [1.82, 2.24) is 4.90 Å². The standard InChI is InChI=1S/C13H18BrN3O2/c1-3-11(12(15)16-19)13(18)17(2)8-9-5-4-6-10(14)7-9/h4-7,11,19H,3,8H2,1-2H3,(H2,15,16). The van der Waals surface area contributed by atoms with Crippen molar-refractivity contribution in [3.05, 3.63) is 34.3 Å². The molecule has 0 aliphatic heterocycles. The minimum atomic E-state index is -0.581. The zero-order valence-electron chi connectivity index (χ0n) is 11.0. The number of carbonyl (C=O) groups is 1. The van der Waals surface area contributed by atoms with Crippen LogP contribution in [0.3, 0.4) is 0 Å². The molecule has 0 aromatic heterocycles. The number of amides is 1. The van der Waals surface area contributed by atoms with Gasteiger partial charge in [-0.15, -0.1) is 0 Å². The van der Waals surface area contributed by atoms with Crippen molar-refractivity contribution in [2.75, 3.05) is 7.05 Å². The number of nitrogens with two attached hydrogens (primary N) is 1. The zero-order valence-corrected chi connectivity index (χ0v) is 12.6. The lowest BCUT2D eigenvalue weighted by molar-refractivity contribution is -0.132. The molecular formula is C13H18BrN3O2. The van der Waals surface area contributed by atoms with Crippen LogP contribution in [0.15, 0.2) is 33.9 Å². The summed E-state index contributed by atoms with van der Waals surface area (Å²) in [5.41, 5.74) is 6.54. The number of oxime groups is 1. The lowest BCUT2D eigenvalue weighted by Gasteiger charge is -2.22. The van der Waals surface area contributed by atoms with Gasteiger partial charge in [0.1, 0.15) is 0 Å². The number of hydrogen-bond donors (Lipinski definition) is 2. The molecule has 0 aliphatic rings. The van der Waals surface area contributed by atoms with Gasteiger partial charge in [-0.25, -0.2) is 0 Å². The van der Waals surface area contributed by atoms with Crippen LogP contribution in [0.2, 0.25) is 0 Å². The third-order valence-electron chi connectivity index (χ3n) is 2.86. The lowest BCUT2D eigenvalue weighted by Crippen LogP contribution is -2.39. The van der Waals surface area contributed by atoms with Gasteiger partial charge >= 0.3 is 0 Å². The molecule has 0 aliphatic carbocycles. The van der Waals surface area contributed by atoms with Crippen LogP contribution in [0.25, 0.3) is 0 Å². The average molecular weight is 328 g/mol. The minimum Gasteiger partial charge on any atom is -0.409 e. The Morgan fingerprint density at radius 1 is 1.58 bits per heavy atom. The molecule has 0 saturated heterocycles.